The number of amides is 4. The summed E-state index contributed by atoms with van der Waals surface area (Å²) in [6.07, 6.45) is 4.93. The number of rotatable bonds is 35. The highest BCUT2D eigenvalue weighted by atomic mass is 32.2. The SMILES string of the molecule is C.C.NCCOCCOCCOCCO[C@@H]1S[C@@H](CCCCC(=O)O)[C@H]2NC(=O)N[C@H]21.[N-]=[N+]=NCCOCCOCCOCCO[C@@H]1S[C@@H](CCCCC(=O)O)[C@H]2NC(=O)N[C@H]21. The Morgan fingerprint density at radius 1 is 0.581 bits per heavy atom. The number of carbonyl (C=O) groups is 4. The Kier molecular flexibility index (Phi) is 32.7. The molecule has 4 heterocycles. The molecule has 0 aromatic heterocycles. The molecule has 0 unspecified atom stereocenters. The lowest BCUT2D eigenvalue weighted by molar-refractivity contribution is -0.138. The number of hydrogen-bond donors (Lipinski definition) is 7. The van der Waals surface area contributed by atoms with Crippen LogP contribution in [0.5, 0.6) is 0 Å². The molecule has 0 aliphatic carbocycles. The summed E-state index contributed by atoms with van der Waals surface area (Å²) in [5, 5.41) is 33.0. The normalized spacial score (nSPS) is 24.1. The Labute approximate surface area is 373 Å². The van der Waals surface area contributed by atoms with Crippen molar-refractivity contribution in [1.82, 2.24) is 21.3 Å². The lowest BCUT2D eigenvalue weighted by atomic mass is 10.0. The molecular formula is C38H72N8O14S2. The lowest BCUT2D eigenvalue weighted by Crippen LogP contribution is -2.40. The van der Waals surface area contributed by atoms with E-state index in [2.05, 4.69) is 31.3 Å². The third-order valence-corrected chi connectivity index (χ3v) is 12.5. The maximum atomic E-state index is 11.7. The van der Waals surface area contributed by atoms with Crippen molar-refractivity contribution in [2.75, 3.05) is 106 Å². The van der Waals surface area contributed by atoms with Crippen molar-refractivity contribution in [2.45, 2.75) is 112 Å². The second-order valence-electron chi connectivity index (χ2n) is 13.9. The Bertz CT molecular complexity index is 1300. The Morgan fingerprint density at radius 2 is 0.935 bits per heavy atom. The number of carbonyl (C=O) groups excluding carboxylic acids is 2. The van der Waals surface area contributed by atoms with Gasteiger partial charge in [-0.2, -0.15) is 0 Å². The molecule has 24 heteroatoms. The van der Waals surface area contributed by atoms with Crippen molar-refractivity contribution in [1.29, 1.82) is 0 Å². The van der Waals surface area contributed by atoms with Gasteiger partial charge in [0.1, 0.15) is 10.9 Å². The first-order valence-electron chi connectivity index (χ1n) is 20.5. The summed E-state index contributed by atoms with van der Waals surface area (Å²) in [7, 11) is 0. The Balaban J connectivity index is 0.000000602. The van der Waals surface area contributed by atoms with Crippen LogP contribution in [0.2, 0.25) is 0 Å². The number of azide groups is 1. The molecular weight excluding hydrogens is 857 g/mol. The molecule has 8 N–H and O–H groups in total. The molecule has 4 saturated heterocycles. The van der Waals surface area contributed by atoms with E-state index < -0.39 is 11.9 Å². The minimum atomic E-state index is -0.782. The molecule has 360 valence electrons. The van der Waals surface area contributed by atoms with Crippen LogP contribution in [0.25, 0.3) is 10.4 Å². The number of carboxylic acids is 2. The van der Waals surface area contributed by atoms with Crippen LogP contribution in [-0.2, 0) is 47.5 Å². The number of unbranched alkanes of at least 4 members (excludes halogenated alkanes) is 2. The molecule has 0 bridgehead atoms. The minimum Gasteiger partial charge on any atom is -0.481 e. The molecule has 4 amide bonds. The van der Waals surface area contributed by atoms with Crippen LogP contribution in [0.4, 0.5) is 9.59 Å². The predicted octanol–water partition coefficient (Wildman–Crippen LogP) is 2.92. The molecule has 0 spiro atoms. The average Bonchev–Trinajstić information content (AvgIpc) is 3.97. The molecule has 62 heavy (non-hydrogen) atoms. The summed E-state index contributed by atoms with van der Waals surface area (Å²) < 4.78 is 44.0. The van der Waals surface area contributed by atoms with Gasteiger partial charge in [0.25, 0.3) is 0 Å². The first-order chi connectivity index (χ1) is 29.2. The summed E-state index contributed by atoms with van der Waals surface area (Å²) in [6.45, 7) is 7.23. The van der Waals surface area contributed by atoms with E-state index in [1.54, 1.807) is 23.5 Å². The van der Waals surface area contributed by atoms with E-state index >= 15 is 0 Å². The Hall–Kier alpha value is -2.87. The number of aliphatic carboxylic acids is 2. The van der Waals surface area contributed by atoms with Crippen LogP contribution in [-0.4, -0.2) is 185 Å². The van der Waals surface area contributed by atoms with Crippen LogP contribution in [0.1, 0.15) is 66.2 Å². The van der Waals surface area contributed by atoms with Crippen LogP contribution in [0.15, 0.2) is 5.11 Å². The standard InChI is InChI=1S/C18H31N5O7S.C18H33N3O7S.2CH4/c19-23-20-5-6-27-7-8-28-9-10-29-11-12-30-17-16-15(21-18(26)22-16)13(31-17)3-1-2-4-14(24)25;19-5-6-25-7-8-26-9-10-27-11-12-28-17-16-15(20-18(24)21-16)13(29-17)3-1-2-4-14(22)23;;/h13,15-17H,1-12H2,(H,24,25)(H2,21,22,26);13,15-17H,1-12,19H2,(H,22,23)(H2,20,21,24);2*1H4/t2*13-,15+,16+,17+;;/m00../s1. The number of carboxylic acid groups (broad SMARTS) is 2. The maximum Gasteiger partial charge on any atom is 0.315 e. The van der Waals surface area contributed by atoms with E-state index in [0.29, 0.717) is 118 Å². The fourth-order valence-corrected chi connectivity index (χ4v) is 9.91. The highest BCUT2D eigenvalue weighted by molar-refractivity contribution is 8.01. The van der Waals surface area contributed by atoms with Gasteiger partial charge in [0.15, 0.2) is 0 Å². The van der Waals surface area contributed by atoms with Crippen LogP contribution >= 0.6 is 23.5 Å². The number of thioether (sulfide) groups is 2. The summed E-state index contributed by atoms with van der Waals surface area (Å²) >= 11 is 3.38. The average molecular weight is 929 g/mol. The first kappa shape index (κ1) is 57.1. The first-order valence-corrected chi connectivity index (χ1v) is 22.4. The third kappa shape index (κ3) is 23.7. The van der Waals surface area contributed by atoms with Gasteiger partial charge in [-0.3, -0.25) is 9.59 Å². The van der Waals surface area contributed by atoms with Crippen molar-refractivity contribution in [2.24, 2.45) is 10.8 Å². The maximum absolute atomic E-state index is 11.7. The number of hydrogen-bond acceptors (Lipinski definition) is 16. The van der Waals surface area contributed by atoms with Gasteiger partial charge in [-0.15, -0.1) is 23.5 Å². The van der Waals surface area contributed by atoms with E-state index in [4.69, 9.17) is 59.4 Å². The quantitative estimate of drug-likeness (QED) is 0.0158. The molecule has 0 saturated carbocycles. The molecule has 22 nitrogen and oxygen atoms in total. The zero-order valence-electron chi connectivity index (χ0n) is 34.1. The predicted molar refractivity (Wildman–Crippen MR) is 234 cm³/mol. The molecule has 0 aromatic carbocycles. The van der Waals surface area contributed by atoms with Gasteiger partial charge in [0, 0.05) is 41.3 Å². The van der Waals surface area contributed by atoms with Gasteiger partial charge in [0.05, 0.1) is 117 Å². The van der Waals surface area contributed by atoms with Crippen molar-refractivity contribution >= 4 is 47.5 Å². The van der Waals surface area contributed by atoms with E-state index in [1.807, 2.05) is 0 Å². The topological polar surface area (TPSA) is 305 Å². The van der Waals surface area contributed by atoms with E-state index in [0.717, 1.165) is 25.7 Å². The molecule has 4 aliphatic heterocycles. The zero-order valence-corrected chi connectivity index (χ0v) is 35.8. The zero-order chi connectivity index (χ0) is 43.2. The number of urea groups is 2. The number of nitrogens with two attached hydrogens (primary N) is 1. The minimum absolute atomic E-state index is 0. The highest BCUT2D eigenvalue weighted by Gasteiger charge is 2.50. The number of fused-ring (bicyclic) bond motifs is 2. The fourth-order valence-electron chi connectivity index (χ4n) is 6.64. The van der Waals surface area contributed by atoms with Crippen molar-refractivity contribution in [3.05, 3.63) is 10.4 Å². The number of nitrogens with one attached hydrogen (secondary N) is 4. The summed E-state index contributed by atoms with van der Waals surface area (Å²) in [6, 6.07) is -0.519. The van der Waals surface area contributed by atoms with Crippen LogP contribution < -0.4 is 27.0 Å². The molecule has 4 rings (SSSR count). The van der Waals surface area contributed by atoms with Gasteiger partial charge < -0.3 is 75.1 Å². The van der Waals surface area contributed by atoms with E-state index in [9.17, 15) is 19.2 Å². The third-order valence-electron chi connectivity index (χ3n) is 9.40. The Morgan fingerprint density at radius 3 is 1.31 bits per heavy atom. The monoisotopic (exact) mass is 928 g/mol. The van der Waals surface area contributed by atoms with Gasteiger partial charge >= 0.3 is 24.0 Å². The van der Waals surface area contributed by atoms with Gasteiger partial charge in [-0.05, 0) is 31.2 Å². The van der Waals surface area contributed by atoms with Crippen molar-refractivity contribution < 1.29 is 67.3 Å². The van der Waals surface area contributed by atoms with Gasteiger partial charge in [0.2, 0.25) is 0 Å². The summed E-state index contributed by atoms with van der Waals surface area (Å²) in [5.74, 6) is -1.56. The van der Waals surface area contributed by atoms with Crippen molar-refractivity contribution in [3.8, 4) is 0 Å². The molecule has 4 fully saturated rings. The van der Waals surface area contributed by atoms with Crippen molar-refractivity contribution in [3.63, 3.8) is 0 Å². The van der Waals surface area contributed by atoms with Crippen LogP contribution in [0, 0.1) is 0 Å². The van der Waals surface area contributed by atoms with Crippen LogP contribution in [0.3, 0.4) is 0 Å². The van der Waals surface area contributed by atoms with E-state index in [-0.39, 0.29) is 85.3 Å². The summed E-state index contributed by atoms with van der Waals surface area (Å²) in [5.41, 5.74) is 13.2. The number of ether oxygens (including phenoxy) is 8. The molecule has 0 radical (unpaired) electrons. The largest absolute Gasteiger partial charge is 0.481 e. The number of nitrogens with zero attached hydrogens (tertiary/aromatic N) is 3. The summed E-state index contributed by atoms with van der Waals surface area (Å²) in [4.78, 5) is 47.3. The van der Waals surface area contributed by atoms with Gasteiger partial charge in [-0.1, -0.05) is 32.8 Å². The molecule has 0 aromatic rings. The fraction of sp³-hybridized carbons (Fsp3) is 0.895. The second-order valence-corrected chi connectivity index (χ2v) is 16.5. The smallest absolute Gasteiger partial charge is 0.315 e. The molecule has 8 atom stereocenters. The van der Waals surface area contributed by atoms with Gasteiger partial charge in [-0.25, -0.2) is 9.59 Å². The second kappa shape index (κ2) is 35.5. The lowest BCUT2D eigenvalue weighted by Gasteiger charge is -2.17. The molecule has 4 aliphatic rings. The highest BCUT2D eigenvalue weighted by Crippen LogP contribution is 2.40. The van der Waals surface area contributed by atoms with E-state index in [1.165, 1.54) is 0 Å².